The lowest BCUT2D eigenvalue weighted by atomic mass is 10.2. The average molecular weight is 352 g/mol. The van der Waals surface area contributed by atoms with Crippen LogP contribution in [0.5, 0.6) is 5.75 Å². The molecular formula is C20H20N2O2S. The normalized spacial score (nSPS) is 14.8. The van der Waals surface area contributed by atoms with Gasteiger partial charge in [-0.2, -0.15) is 0 Å². The van der Waals surface area contributed by atoms with Gasteiger partial charge in [-0.1, -0.05) is 30.3 Å². The number of thiophene rings is 1. The number of rotatable bonds is 3. The van der Waals surface area contributed by atoms with Crippen molar-refractivity contribution in [1.82, 2.24) is 4.90 Å². The monoisotopic (exact) mass is 352 g/mol. The van der Waals surface area contributed by atoms with Crippen molar-refractivity contribution in [2.24, 2.45) is 0 Å². The molecule has 4 nitrogen and oxygen atoms in total. The first-order chi connectivity index (χ1) is 12.3. The molecule has 1 fully saturated rings. The highest BCUT2D eigenvalue weighted by Crippen LogP contribution is 2.30. The minimum atomic E-state index is 0.140. The Hall–Kier alpha value is -2.53. The predicted molar refractivity (Wildman–Crippen MR) is 103 cm³/mol. The first-order valence-electron chi connectivity index (χ1n) is 8.42. The van der Waals surface area contributed by atoms with E-state index in [0.29, 0.717) is 0 Å². The molecule has 2 aromatic carbocycles. The SMILES string of the molecule is COc1ccccc1N1CCN(C(=O)c2cc3ccccc3s2)CC1. The Morgan fingerprint density at radius 2 is 1.72 bits per heavy atom. The van der Waals surface area contributed by atoms with Crippen LogP contribution in [-0.2, 0) is 0 Å². The molecule has 0 atom stereocenters. The topological polar surface area (TPSA) is 32.8 Å². The summed E-state index contributed by atoms with van der Waals surface area (Å²) >= 11 is 1.58. The summed E-state index contributed by atoms with van der Waals surface area (Å²) in [5, 5.41) is 1.14. The number of amides is 1. The molecule has 0 spiro atoms. The van der Waals surface area contributed by atoms with E-state index >= 15 is 0 Å². The maximum atomic E-state index is 12.8. The Morgan fingerprint density at radius 1 is 1.00 bits per heavy atom. The van der Waals surface area contributed by atoms with E-state index in [1.807, 2.05) is 41.3 Å². The van der Waals surface area contributed by atoms with Gasteiger partial charge in [-0.15, -0.1) is 11.3 Å². The van der Waals surface area contributed by atoms with Gasteiger partial charge in [0.1, 0.15) is 5.75 Å². The second-order valence-electron chi connectivity index (χ2n) is 6.10. The van der Waals surface area contributed by atoms with Gasteiger partial charge in [0.25, 0.3) is 5.91 Å². The molecule has 4 rings (SSSR count). The smallest absolute Gasteiger partial charge is 0.264 e. The van der Waals surface area contributed by atoms with Crippen molar-refractivity contribution in [3.05, 3.63) is 59.5 Å². The average Bonchev–Trinajstić information content (AvgIpc) is 3.12. The number of benzene rings is 2. The molecule has 2 heterocycles. The minimum absolute atomic E-state index is 0.140. The van der Waals surface area contributed by atoms with Crippen LogP contribution >= 0.6 is 11.3 Å². The first kappa shape index (κ1) is 16.0. The number of hydrogen-bond acceptors (Lipinski definition) is 4. The number of carbonyl (C=O) groups excluding carboxylic acids is 1. The van der Waals surface area contributed by atoms with Crippen LogP contribution in [0.3, 0.4) is 0 Å². The zero-order chi connectivity index (χ0) is 17.2. The molecule has 1 aliphatic rings. The number of fused-ring (bicyclic) bond motifs is 1. The van der Waals surface area contributed by atoms with Gasteiger partial charge in [0, 0.05) is 30.9 Å². The highest BCUT2D eigenvalue weighted by atomic mass is 32.1. The largest absolute Gasteiger partial charge is 0.495 e. The van der Waals surface area contributed by atoms with E-state index in [-0.39, 0.29) is 5.91 Å². The Morgan fingerprint density at radius 3 is 2.48 bits per heavy atom. The van der Waals surface area contributed by atoms with Crippen molar-refractivity contribution in [2.75, 3.05) is 38.2 Å². The second kappa shape index (κ2) is 6.76. The molecule has 5 heteroatoms. The number of nitrogens with zero attached hydrogens (tertiary/aromatic N) is 2. The maximum absolute atomic E-state index is 12.8. The lowest BCUT2D eigenvalue weighted by Gasteiger charge is -2.36. The van der Waals surface area contributed by atoms with E-state index < -0.39 is 0 Å². The molecule has 0 N–H and O–H groups in total. The van der Waals surface area contributed by atoms with Crippen LogP contribution in [-0.4, -0.2) is 44.1 Å². The van der Waals surface area contributed by atoms with Crippen molar-refractivity contribution < 1.29 is 9.53 Å². The third-order valence-corrected chi connectivity index (χ3v) is 5.73. The summed E-state index contributed by atoms with van der Waals surface area (Å²) < 4.78 is 6.62. The van der Waals surface area contributed by atoms with E-state index in [1.54, 1.807) is 18.4 Å². The summed E-state index contributed by atoms with van der Waals surface area (Å²) in [4.78, 5) is 17.9. The van der Waals surface area contributed by atoms with Crippen LogP contribution in [0.2, 0.25) is 0 Å². The third kappa shape index (κ3) is 3.07. The summed E-state index contributed by atoms with van der Waals surface area (Å²) in [6, 6.07) is 18.2. The van der Waals surface area contributed by atoms with Gasteiger partial charge in [0.05, 0.1) is 17.7 Å². The standard InChI is InChI=1S/C20H20N2O2S/c1-24-17-8-4-3-7-16(17)21-10-12-22(13-11-21)20(23)19-14-15-6-2-5-9-18(15)25-19/h2-9,14H,10-13H2,1H3. The number of anilines is 1. The summed E-state index contributed by atoms with van der Waals surface area (Å²) in [6.07, 6.45) is 0. The van der Waals surface area contributed by atoms with Crippen molar-refractivity contribution in [2.45, 2.75) is 0 Å². The molecule has 0 saturated carbocycles. The Labute approximate surface area is 151 Å². The van der Waals surface area contributed by atoms with Gasteiger partial charge in [0.2, 0.25) is 0 Å². The molecule has 1 saturated heterocycles. The molecule has 128 valence electrons. The lowest BCUT2D eigenvalue weighted by Crippen LogP contribution is -2.48. The number of piperazine rings is 1. The second-order valence-corrected chi connectivity index (χ2v) is 7.18. The zero-order valence-corrected chi connectivity index (χ0v) is 15.0. The Bertz CT molecular complexity index is 864. The van der Waals surface area contributed by atoms with Gasteiger partial charge < -0.3 is 14.5 Å². The fourth-order valence-corrected chi connectivity index (χ4v) is 4.32. The van der Waals surface area contributed by atoms with E-state index in [0.717, 1.165) is 47.9 Å². The highest BCUT2D eigenvalue weighted by molar-refractivity contribution is 7.20. The van der Waals surface area contributed by atoms with Crippen molar-refractivity contribution >= 4 is 33.0 Å². The van der Waals surface area contributed by atoms with E-state index in [4.69, 9.17) is 4.74 Å². The van der Waals surface area contributed by atoms with Crippen LogP contribution in [0.1, 0.15) is 9.67 Å². The molecule has 3 aromatic rings. The number of para-hydroxylation sites is 2. The van der Waals surface area contributed by atoms with Crippen LogP contribution < -0.4 is 9.64 Å². The Balaban J connectivity index is 1.47. The van der Waals surface area contributed by atoms with E-state index in [9.17, 15) is 4.79 Å². The molecule has 25 heavy (non-hydrogen) atoms. The summed E-state index contributed by atoms with van der Waals surface area (Å²) in [7, 11) is 1.69. The summed E-state index contributed by atoms with van der Waals surface area (Å²) in [5.74, 6) is 1.02. The maximum Gasteiger partial charge on any atom is 0.264 e. The number of methoxy groups -OCH3 is 1. The Kier molecular flexibility index (Phi) is 4.32. The predicted octanol–water partition coefficient (Wildman–Crippen LogP) is 3.87. The van der Waals surface area contributed by atoms with Crippen LogP contribution in [0.25, 0.3) is 10.1 Å². The van der Waals surface area contributed by atoms with Crippen LogP contribution in [0, 0.1) is 0 Å². The summed E-state index contributed by atoms with van der Waals surface area (Å²) in [6.45, 7) is 3.09. The fraction of sp³-hybridized carbons (Fsp3) is 0.250. The van der Waals surface area contributed by atoms with Gasteiger partial charge >= 0.3 is 0 Å². The lowest BCUT2D eigenvalue weighted by molar-refractivity contribution is 0.0751. The van der Waals surface area contributed by atoms with Crippen molar-refractivity contribution in [1.29, 1.82) is 0 Å². The molecule has 1 aliphatic heterocycles. The van der Waals surface area contributed by atoms with E-state index in [1.165, 1.54) is 4.70 Å². The quantitative estimate of drug-likeness (QED) is 0.717. The van der Waals surface area contributed by atoms with Crippen LogP contribution in [0.4, 0.5) is 5.69 Å². The highest BCUT2D eigenvalue weighted by Gasteiger charge is 2.24. The third-order valence-electron chi connectivity index (χ3n) is 4.63. The van der Waals surface area contributed by atoms with Gasteiger partial charge in [0.15, 0.2) is 0 Å². The molecule has 1 aromatic heterocycles. The van der Waals surface area contributed by atoms with Crippen molar-refractivity contribution in [3.63, 3.8) is 0 Å². The van der Waals surface area contributed by atoms with Crippen LogP contribution in [0.15, 0.2) is 54.6 Å². The number of hydrogen-bond donors (Lipinski definition) is 0. The molecular weight excluding hydrogens is 332 g/mol. The molecule has 1 amide bonds. The van der Waals surface area contributed by atoms with Crippen molar-refractivity contribution in [3.8, 4) is 5.75 Å². The fourth-order valence-electron chi connectivity index (χ4n) is 3.28. The van der Waals surface area contributed by atoms with Gasteiger partial charge in [-0.3, -0.25) is 4.79 Å². The molecule has 0 unspecified atom stereocenters. The molecule has 0 bridgehead atoms. The summed E-state index contributed by atoms with van der Waals surface area (Å²) in [5.41, 5.74) is 1.10. The van der Waals surface area contributed by atoms with E-state index in [2.05, 4.69) is 23.1 Å². The number of carbonyl (C=O) groups is 1. The first-order valence-corrected chi connectivity index (χ1v) is 9.24. The zero-order valence-electron chi connectivity index (χ0n) is 14.1. The number of ether oxygens (including phenoxy) is 1. The molecule has 0 radical (unpaired) electrons. The van der Waals surface area contributed by atoms with Gasteiger partial charge in [-0.05, 0) is 29.7 Å². The minimum Gasteiger partial charge on any atom is -0.495 e. The van der Waals surface area contributed by atoms with Gasteiger partial charge in [-0.25, -0.2) is 0 Å². The molecule has 0 aliphatic carbocycles.